The summed E-state index contributed by atoms with van der Waals surface area (Å²) in [7, 11) is 0. The summed E-state index contributed by atoms with van der Waals surface area (Å²) in [6.07, 6.45) is 0.275. The Labute approximate surface area is 230 Å². The van der Waals surface area contributed by atoms with Gasteiger partial charge in [-0.2, -0.15) is 0 Å². The quantitative estimate of drug-likeness (QED) is 0.447. The molecule has 0 radical (unpaired) electrons. The van der Waals surface area contributed by atoms with Crippen molar-refractivity contribution in [2.24, 2.45) is 0 Å². The van der Waals surface area contributed by atoms with Crippen molar-refractivity contribution in [2.75, 3.05) is 19.7 Å². The van der Waals surface area contributed by atoms with Crippen LogP contribution in [0.2, 0.25) is 0 Å². The molecule has 2 aliphatic rings. The minimum Gasteiger partial charge on any atom is -0.479 e. The van der Waals surface area contributed by atoms with Crippen molar-refractivity contribution in [3.63, 3.8) is 0 Å². The first kappa shape index (κ1) is 28.5. The zero-order chi connectivity index (χ0) is 28.4. The van der Waals surface area contributed by atoms with Gasteiger partial charge in [0.2, 0.25) is 0 Å². The fourth-order valence-electron chi connectivity index (χ4n) is 5.93. The molecule has 1 saturated heterocycles. The normalized spacial score (nSPS) is 16.4. The van der Waals surface area contributed by atoms with E-state index in [0.717, 1.165) is 22.3 Å². The molecule has 0 bridgehead atoms. The van der Waals surface area contributed by atoms with Crippen LogP contribution in [0.3, 0.4) is 0 Å². The van der Waals surface area contributed by atoms with Gasteiger partial charge in [0.25, 0.3) is 0 Å². The Kier molecular flexibility index (Phi) is 8.23. The van der Waals surface area contributed by atoms with E-state index in [2.05, 4.69) is 24.3 Å². The van der Waals surface area contributed by atoms with E-state index in [9.17, 15) is 19.5 Å². The molecule has 0 saturated carbocycles. The molecule has 1 aliphatic carbocycles. The Morgan fingerprint density at radius 1 is 0.974 bits per heavy atom. The fraction of sp³-hybridized carbons (Fsp3) is 0.516. The molecule has 0 unspecified atom stereocenters. The SMILES string of the molecule is CCC(CC)N(C(=O)OCC1c2ccccc2-c2ccccc21)C1(C(=O)O)CCN(C(=O)OC(C)(C)C)CC1. The van der Waals surface area contributed by atoms with Crippen LogP contribution in [0.4, 0.5) is 9.59 Å². The number of likely N-dealkylation sites (tertiary alicyclic amines) is 1. The van der Waals surface area contributed by atoms with Gasteiger partial charge < -0.3 is 19.5 Å². The maximum Gasteiger partial charge on any atom is 0.411 e. The number of hydrogen-bond acceptors (Lipinski definition) is 5. The van der Waals surface area contributed by atoms with Crippen molar-refractivity contribution in [2.45, 2.75) is 83.4 Å². The summed E-state index contributed by atoms with van der Waals surface area (Å²) in [4.78, 5) is 42.3. The molecule has 39 heavy (non-hydrogen) atoms. The third kappa shape index (κ3) is 5.60. The Bertz CT molecular complexity index is 1160. The van der Waals surface area contributed by atoms with Crippen LogP contribution in [-0.4, -0.2) is 69.9 Å². The number of ether oxygens (including phenoxy) is 2. The average Bonchev–Trinajstić information content (AvgIpc) is 3.23. The molecular weight excluding hydrogens is 496 g/mol. The van der Waals surface area contributed by atoms with Crippen molar-refractivity contribution in [3.8, 4) is 11.1 Å². The van der Waals surface area contributed by atoms with E-state index in [1.807, 2.05) is 38.1 Å². The van der Waals surface area contributed by atoms with Crippen LogP contribution in [0.1, 0.15) is 77.3 Å². The highest BCUT2D eigenvalue weighted by atomic mass is 16.6. The second-order valence-electron chi connectivity index (χ2n) is 11.4. The highest BCUT2D eigenvalue weighted by Crippen LogP contribution is 2.45. The number of carboxylic acid groups (broad SMARTS) is 1. The van der Waals surface area contributed by atoms with Gasteiger partial charge in [-0.25, -0.2) is 14.4 Å². The van der Waals surface area contributed by atoms with E-state index in [1.54, 1.807) is 20.8 Å². The van der Waals surface area contributed by atoms with E-state index >= 15 is 0 Å². The van der Waals surface area contributed by atoms with E-state index in [0.29, 0.717) is 12.8 Å². The molecule has 8 heteroatoms. The number of fused-ring (bicyclic) bond motifs is 3. The van der Waals surface area contributed by atoms with Gasteiger partial charge in [0.15, 0.2) is 0 Å². The first-order valence-electron chi connectivity index (χ1n) is 13.9. The monoisotopic (exact) mass is 536 g/mol. The Morgan fingerprint density at radius 2 is 1.49 bits per heavy atom. The number of carbonyl (C=O) groups is 3. The molecule has 1 N–H and O–H groups in total. The molecule has 0 atom stereocenters. The number of hydrogen-bond donors (Lipinski definition) is 1. The summed E-state index contributed by atoms with van der Waals surface area (Å²) in [6.45, 7) is 9.74. The molecule has 210 valence electrons. The molecule has 0 spiro atoms. The van der Waals surface area contributed by atoms with Gasteiger partial charge in [0.05, 0.1) is 0 Å². The summed E-state index contributed by atoms with van der Waals surface area (Å²) >= 11 is 0. The highest BCUT2D eigenvalue weighted by Gasteiger charge is 2.52. The molecule has 4 rings (SSSR count). The van der Waals surface area contributed by atoms with Gasteiger partial charge in [-0.15, -0.1) is 0 Å². The van der Waals surface area contributed by atoms with Crippen LogP contribution < -0.4 is 0 Å². The van der Waals surface area contributed by atoms with Crippen LogP contribution >= 0.6 is 0 Å². The van der Waals surface area contributed by atoms with Crippen LogP contribution in [0, 0.1) is 0 Å². The number of carbonyl (C=O) groups excluding carboxylic acids is 2. The summed E-state index contributed by atoms with van der Waals surface area (Å²) in [5.41, 5.74) is 2.32. The highest BCUT2D eigenvalue weighted by molar-refractivity contribution is 5.85. The van der Waals surface area contributed by atoms with Gasteiger partial charge in [-0.3, -0.25) is 4.90 Å². The summed E-state index contributed by atoms with van der Waals surface area (Å²) in [6, 6.07) is 15.9. The molecular formula is C31H40N2O6. The van der Waals surface area contributed by atoms with Crippen LogP contribution in [0.5, 0.6) is 0 Å². The lowest BCUT2D eigenvalue weighted by molar-refractivity contribution is -0.156. The lowest BCUT2D eigenvalue weighted by Crippen LogP contribution is -2.65. The minimum absolute atomic E-state index is 0.0995. The Balaban J connectivity index is 1.57. The molecule has 2 aromatic carbocycles. The first-order valence-corrected chi connectivity index (χ1v) is 13.9. The number of aliphatic carboxylic acids is 1. The predicted octanol–water partition coefficient (Wildman–Crippen LogP) is 6.28. The summed E-state index contributed by atoms with van der Waals surface area (Å²) in [5, 5.41) is 10.5. The molecule has 2 amide bonds. The second-order valence-corrected chi connectivity index (χ2v) is 11.4. The van der Waals surface area contributed by atoms with Crippen molar-refractivity contribution >= 4 is 18.2 Å². The van der Waals surface area contributed by atoms with E-state index in [-0.39, 0.29) is 44.5 Å². The molecule has 1 heterocycles. The molecule has 1 aliphatic heterocycles. The number of rotatable bonds is 7. The number of amides is 2. The Morgan fingerprint density at radius 3 is 1.95 bits per heavy atom. The maximum absolute atomic E-state index is 13.8. The minimum atomic E-state index is -1.47. The van der Waals surface area contributed by atoms with E-state index in [1.165, 1.54) is 9.80 Å². The number of nitrogens with zero attached hydrogens (tertiary/aromatic N) is 2. The largest absolute Gasteiger partial charge is 0.479 e. The maximum atomic E-state index is 13.8. The molecule has 0 aromatic heterocycles. The zero-order valence-electron chi connectivity index (χ0n) is 23.6. The summed E-state index contributed by atoms with van der Waals surface area (Å²) < 4.78 is 11.5. The van der Waals surface area contributed by atoms with Gasteiger partial charge in [0.1, 0.15) is 17.7 Å². The molecule has 2 aromatic rings. The van der Waals surface area contributed by atoms with Crippen molar-refractivity contribution in [1.82, 2.24) is 9.80 Å². The summed E-state index contributed by atoms with van der Waals surface area (Å²) in [5.74, 6) is -1.20. The fourth-order valence-corrected chi connectivity index (χ4v) is 5.93. The van der Waals surface area contributed by atoms with Gasteiger partial charge in [-0.1, -0.05) is 62.4 Å². The zero-order valence-corrected chi connectivity index (χ0v) is 23.6. The van der Waals surface area contributed by atoms with Gasteiger partial charge >= 0.3 is 18.2 Å². The lowest BCUT2D eigenvalue weighted by Gasteiger charge is -2.48. The number of carboxylic acids is 1. The van der Waals surface area contributed by atoms with Crippen LogP contribution in [-0.2, 0) is 14.3 Å². The van der Waals surface area contributed by atoms with Crippen LogP contribution in [0.15, 0.2) is 48.5 Å². The van der Waals surface area contributed by atoms with Crippen molar-refractivity contribution in [3.05, 3.63) is 59.7 Å². The second kappa shape index (κ2) is 11.3. The molecule has 1 fully saturated rings. The topological polar surface area (TPSA) is 96.4 Å². The van der Waals surface area contributed by atoms with E-state index < -0.39 is 29.3 Å². The lowest BCUT2D eigenvalue weighted by atomic mass is 9.84. The standard InChI is InChI=1S/C31H40N2O6/c1-6-21(7-2)33(31(27(34)35)16-18-32(19-17-31)28(36)39-30(3,4)5)29(37)38-20-26-24-14-10-8-12-22(24)23-13-9-11-15-25(23)26/h8-15,21,26H,6-7,16-20H2,1-5H3,(H,34,35). The van der Waals surface area contributed by atoms with Gasteiger partial charge in [0, 0.05) is 25.0 Å². The predicted molar refractivity (Wildman–Crippen MR) is 149 cm³/mol. The number of benzene rings is 2. The van der Waals surface area contributed by atoms with Crippen molar-refractivity contribution in [1.29, 1.82) is 0 Å². The smallest absolute Gasteiger partial charge is 0.411 e. The van der Waals surface area contributed by atoms with Crippen LogP contribution in [0.25, 0.3) is 11.1 Å². The molecule has 8 nitrogen and oxygen atoms in total. The van der Waals surface area contributed by atoms with E-state index in [4.69, 9.17) is 9.47 Å². The van der Waals surface area contributed by atoms with Crippen molar-refractivity contribution < 1.29 is 29.0 Å². The third-order valence-electron chi connectivity index (χ3n) is 7.94. The Hall–Kier alpha value is -3.55. The first-order chi connectivity index (χ1) is 18.5. The van der Waals surface area contributed by atoms with Gasteiger partial charge in [-0.05, 0) is 68.7 Å². The number of piperidine rings is 1. The average molecular weight is 537 g/mol. The third-order valence-corrected chi connectivity index (χ3v) is 7.94.